The predicted octanol–water partition coefficient (Wildman–Crippen LogP) is 5.12. The van der Waals surface area contributed by atoms with Crippen molar-refractivity contribution in [3.8, 4) is 5.75 Å². The summed E-state index contributed by atoms with van der Waals surface area (Å²) >= 11 is 12.0. The predicted molar refractivity (Wildman–Crippen MR) is 119 cm³/mol. The summed E-state index contributed by atoms with van der Waals surface area (Å²) in [6.45, 7) is 8.48. The van der Waals surface area contributed by atoms with Crippen molar-refractivity contribution in [3.63, 3.8) is 0 Å². The second-order valence-electron chi connectivity index (χ2n) is 7.44. The Balaban J connectivity index is 2.24. The van der Waals surface area contributed by atoms with Gasteiger partial charge in [0, 0.05) is 16.1 Å². The van der Waals surface area contributed by atoms with Crippen molar-refractivity contribution in [2.75, 3.05) is 10.6 Å². The lowest BCUT2D eigenvalue weighted by Crippen LogP contribution is -2.45. The molecule has 0 bridgehead atoms. The van der Waals surface area contributed by atoms with Gasteiger partial charge in [0.15, 0.2) is 5.78 Å². The highest BCUT2D eigenvalue weighted by molar-refractivity contribution is 6.36. The Morgan fingerprint density at radius 3 is 2.20 bits per heavy atom. The van der Waals surface area contributed by atoms with Crippen LogP contribution in [0.3, 0.4) is 0 Å². The smallest absolute Gasteiger partial charge is 0.273 e. The van der Waals surface area contributed by atoms with E-state index in [2.05, 4.69) is 17.2 Å². The van der Waals surface area contributed by atoms with Crippen molar-refractivity contribution in [1.29, 1.82) is 0 Å². The lowest BCUT2D eigenvalue weighted by molar-refractivity contribution is -0.140. The number of anilines is 2. The molecule has 0 aliphatic heterocycles. The Morgan fingerprint density at radius 2 is 1.67 bits per heavy atom. The number of carbonyl (C=O) groups is 3. The van der Waals surface area contributed by atoms with E-state index in [0.717, 1.165) is 6.08 Å². The molecule has 0 radical (unpaired) electrons. The molecule has 0 saturated heterocycles. The molecule has 0 aromatic heterocycles. The third-order valence-corrected chi connectivity index (χ3v) is 4.51. The van der Waals surface area contributed by atoms with Gasteiger partial charge in [-0.05, 0) is 48.5 Å². The maximum atomic E-state index is 12.9. The zero-order valence-corrected chi connectivity index (χ0v) is 18.3. The first kappa shape index (κ1) is 23.4. The number of Topliss-reactive ketones (excluding diaryl/α,β-unsaturated/α-hetero) is 1. The number of halogens is 2. The summed E-state index contributed by atoms with van der Waals surface area (Å²) in [5, 5.41) is 5.87. The largest absolute Gasteiger partial charge is 0.473 e. The number of rotatable bonds is 7. The zero-order chi connectivity index (χ0) is 22.5. The van der Waals surface area contributed by atoms with Crippen molar-refractivity contribution < 1.29 is 19.1 Å². The summed E-state index contributed by atoms with van der Waals surface area (Å²) in [4.78, 5) is 37.1. The van der Waals surface area contributed by atoms with Crippen molar-refractivity contribution in [2.45, 2.75) is 26.9 Å². The summed E-state index contributed by atoms with van der Waals surface area (Å²) in [5.74, 6) is -1.15. The van der Waals surface area contributed by atoms with Crippen molar-refractivity contribution >= 4 is 52.2 Å². The van der Waals surface area contributed by atoms with Crippen LogP contribution in [0.25, 0.3) is 0 Å². The third-order valence-electron chi connectivity index (χ3n) is 3.97. The maximum Gasteiger partial charge on any atom is 0.273 e. The number of benzene rings is 2. The van der Waals surface area contributed by atoms with Crippen molar-refractivity contribution in [2.24, 2.45) is 5.41 Å². The number of ether oxygens (including phenoxy) is 1. The molecule has 0 aliphatic rings. The van der Waals surface area contributed by atoms with E-state index in [9.17, 15) is 14.4 Å². The first-order chi connectivity index (χ1) is 14.0. The molecule has 2 amide bonds. The summed E-state index contributed by atoms with van der Waals surface area (Å²) in [7, 11) is 0. The molecule has 2 aromatic rings. The van der Waals surface area contributed by atoms with E-state index in [-0.39, 0.29) is 16.7 Å². The summed E-state index contributed by atoms with van der Waals surface area (Å²) in [6.07, 6.45) is -0.264. The van der Waals surface area contributed by atoms with Gasteiger partial charge in [-0.25, -0.2) is 0 Å². The highest BCUT2D eigenvalue weighted by Gasteiger charge is 2.37. The molecule has 1 unspecified atom stereocenters. The lowest BCUT2D eigenvalue weighted by Gasteiger charge is -2.25. The minimum atomic E-state index is -1.41. The standard InChI is InChI=1S/C22H22Cl2N2O4/c1-5-18(27)25-14-7-9-15(10-8-14)30-19(20(28)22(2,3)4)21(29)26-17-11-6-13(23)12-16(17)24/h5-12,19H,1H2,2-4H3,(H,25,27)(H,26,29). The first-order valence-corrected chi connectivity index (χ1v) is 9.77. The Morgan fingerprint density at radius 1 is 1.03 bits per heavy atom. The van der Waals surface area contributed by atoms with E-state index < -0.39 is 23.2 Å². The molecular formula is C22H22Cl2N2O4. The number of hydrogen-bond acceptors (Lipinski definition) is 4. The molecule has 158 valence electrons. The summed E-state index contributed by atoms with van der Waals surface area (Å²) in [6, 6.07) is 10.9. The van der Waals surface area contributed by atoms with Gasteiger partial charge in [0.2, 0.25) is 12.0 Å². The normalized spacial score (nSPS) is 11.9. The molecule has 1 atom stereocenters. The van der Waals surface area contributed by atoms with E-state index in [1.807, 2.05) is 0 Å². The topological polar surface area (TPSA) is 84.5 Å². The fourth-order valence-corrected chi connectivity index (χ4v) is 2.81. The number of hydrogen-bond donors (Lipinski definition) is 2. The monoisotopic (exact) mass is 448 g/mol. The van der Waals surface area contributed by atoms with Crippen LogP contribution in [0, 0.1) is 5.41 Å². The highest BCUT2D eigenvalue weighted by atomic mass is 35.5. The van der Waals surface area contributed by atoms with Crippen LogP contribution in [0.15, 0.2) is 55.1 Å². The van der Waals surface area contributed by atoms with E-state index in [1.165, 1.54) is 12.1 Å². The zero-order valence-electron chi connectivity index (χ0n) is 16.8. The third kappa shape index (κ3) is 6.34. The molecule has 2 N–H and O–H groups in total. The quantitative estimate of drug-likeness (QED) is 0.454. The highest BCUT2D eigenvalue weighted by Crippen LogP contribution is 2.27. The molecule has 8 heteroatoms. The van der Waals surface area contributed by atoms with Gasteiger partial charge in [0.05, 0.1) is 10.7 Å². The van der Waals surface area contributed by atoms with Crippen LogP contribution in [0.2, 0.25) is 10.0 Å². The molecule has 0 fully saturated rings. The molecule has 0 spiro atoms. The van der Waals surface area contributed by atoms with E-state index >= 15 is 0 Å². The molecular weight excluding hydrogens is 427 g/mol. The molecule has 0 saturated carbocycles. The minimum absolute atomic E-state index is 0.236. The van der Waals surface area contributed by atoms with Gasteiger partial charge in [-0.15, -0.1) is 0 Å². The Hall–Kier alpha value is -2.83. The fraction of sp³-hybridized carbons (Fsp3) is 0.227. The van der Waals surface area contributed by atoms with Crippen LogP contribution in [0.4, 0.5) is 11.4 Å². The van der Waals surface area contributed by atoms with Gasteiger partial charge in [0.25, 0.3) is 5.91 Å². The van der Waals surface area contributed by atoms with Crippen LogP contribution in [-0.4, -0.2) is 23.7 Å². The van der Waals surface area contributed by atoms with E-state index in [0.29, 0.717) is 16.4 Å². The lowest BCUT2D eigenvalue weighted by atomic mass is 9.87. The van der Waals surface area contributed by atoms with Crippen LogP contribution in [0.5, 0.6) is 5.75 Å². The maximum absolute atomic E-state index is 12.9. The Bertz CT molecular complexity index is 966. The molecule has 2 aromatic carbocycles. The summed E-state index contributed by atoms with van der Waals surface area (Å²) < 4.78 is 5.72. The van der Waals surface area contributed by atoms with E-state index in [1.54, 1.807) is 51.1 Å². The van der Waals surface area contributed by atoms with Crippen LogP contribution in [0.1, 0.15) is 20.8 Å². The number of nitrogens with one attached hydrogen (secondary N) is 2. The second kappa shape index (κ2) is 9.78. The average Bonchev–Trinajstić information content (AvgIpc) is 2.68. The van der Waals surface area contributed by atoms with Crippen LogP contribution < -0.4 is 15.4 Å². The van der Waals surface area contributed by atoms with Gasteiger partial charge >= 0.3 is 0 Å². The van der Waals surface area contributed by atoms with Gasteiger partial charge in [0.1, 0.15) is 5.75 Å². The van der Waals surface area contributed by atoms with Crippen molar-refractivity contribution in [1.82, 2.24) is 0 Å². The van der Waals surface area contributed by atoms with Crippen molar-refractivity contribution in [3.05, 3.63) is 65.2 Å². The van der Waals surface area contributed by atoms with Crippen LogP contribution in [-0.2, 0) is 14.4 Å². The number of carbonyl (C=O) groups excluding carboxylic acids is 3. The summed E-state index contributed by atoms with van der Waals surface area (Å²) in [5.41, 5.74) is -0.00357. The van der Waals surface area contributed by atoms with Gasteiger partial charge in [-0.2, -0.15) is 0 Å². The first-order valence-electron chi connectivity index (χ1n) is 9.01. The molecule has 30 heavy (non-hydrogen) atoms. The molecule has 0 heterocycles. The van der Waals surface area contributed by atoms with E-state index in [4.69, 9.17) is 27.9 Å². The molecule has 2 rings (SSSR count). The SMILES string of the molecule is C=CC(=O)Nc1ccc(OC(C(=O)Nc2ccc(Cl)cc2Cl)C(=O)C(C)(C)C)cc1. The van der Waals surface area contributed by atoms with Gasteiger partial charge in [-0.3, -0.25) is 14.4 Å². The van der Waals surface area contributed by atoms with Crippen LogP contribution >= 0.6 is 23.2 Å². The second-order valence-corrected chi connectivity index (χ2v) is 8.29. The van der Waals surface area contributed by atoms with Gasteiger partial charge in [-0.1, -0.05) is 50.6 Å². The fourth-order valence-electron chi connectivity index (χ4n) is 2.35. The Labute approximate surface area is 185 Å². The Kier molecular flexibility index (Phi) is 7.65. The average molecular weight is 449 g/mol. The molecule has 0 aliphatic carbocycles. The minimum Gasteiger partial charge on any atom is -0.473 e. The van der Waals surface area contributed by atoms with Gasteiger partial charge < -0.3 is 15.4 Å². The molecule has 6 nitrogen and oxygen atoms in total. The number of amides is 2. The number of ketones is 1.